The lowest BCUT2D eigenvalue weighted by atomic mass is 9.91. The van der Waals surface area contributed by atoms with E-state index in [-0.39, 0.29) is 16.4 Å². The van der Waals surface area contributed by atoms with E-state index in [2.05, 4.69) is 9.97 Å². The van der Waals surface area contributed by atoms with Crippen LogP contribution in [0.15, 0.2) is 0 Å². The van der Waals surface area contributed by atoms with Crippen molar-refractivity contribution < 1.29 is 9.90 Å². The van der Waals surface area contributed by atoms with Gasteiger partial charge in [-0.05, 0) is 11.6 Å². The van der Waals surface area contributed by atoms with Gasteiger partial charge in [-0.25, -0.2) is 9.78 Å². The molecule has 0 aromatic carbocycles. The number of hydrogen-bond donors (Lipinski definition) is 2. The van der Waals surface area contributed by atoms with Crippen molar-refractivity contribution in [3.63, 3.8) is 0 Å². The number of aromatic amines is 1. The number of aromatic carboxylic acids is 1. The molecule has 0 aliphatic heterocycles. The van der Waals surface area contributed by atoms with E-state index in [1.165, 1.54) is 0 Å². The van der Waals surface area contributed by atoms with Gasteiger partial charge in [0.15, 0.2) is 5.69 Å². The summed E-state index contributed by atoms with van der Waals surface area (Å²) in [5, 5.41) is 8.91. The maximum Gasteiger partial charge on any atom is 0.356 e. The van der Waals surface area contributed by atoms with Crippen LogP contribution >= 0.6 is 11.6 Å². The molecule has 1 rings (SSSR count). The van der Waals surface area contributed by atoms with Crippen LogP contribution in [0.1, 0.15) is 37.0 Å². The normalized spacial score (nSPS) is 11.7. The van der Waals surface area contributed by atoms with Crippen LogP contribution in [-0.4, -0.2) is 21.0 Å². The molecule has 72 valence electrons. The summed E-state index contributed by atoms with van der Waals surface area (Å²) in [4.78, 5) is 17.2. The van der Waals surface area contributed by atoms with Crippen LogP contribution in [0.5, 0.6) is 0 Å². The summed E-state index contributed by atoms with van der Waals surface area (Å²) in [5.74, 6) is -1.06. The highest BCUT2D eigenvalue weighted by Gasteiger charge is 2.25. The zero-order valence-corrected chi connectivity index (χ0v) is 8.44. The van der Waals surface area contributed by atoms with Gasteiger partial charge >= 0.3 is 5.97 Å². The summed E-state index contributed by atoms with van der Waals surface area (Å²) in [6, 6.07) is 0. The first-order valence-electron chi connectivity index (χ1n) is 3.81. The first-order chi connectivity index (χ1) is 5.82. The van der Waals surface area contributed by atoms with Gasteiger partial charge in [-0.15, -0.1) is 0 Å². The van der Waals surface area contributed by atoms with Gasteiger partial charge in [0.1, 0.15) is 0 Å². The van der Waals surface area contributed by atoms with Crippen molar-refractivity contribution in [1.29, 1.82) is 0 Å². The smallest absolute Gasteiger partial charge is 0.356 e. The van der Waals surface area contributed by atoms with Crippen molar-refractivity contribution in [3.05, 3.63) is 16.7 Å². The molecule has 0 saturated heterocycles. The molecular formula is C8H11ClN2O2. The fourth-order valence-corrected chi connectivity index (χ4v) is 1.22. The molecular weight excluding hydrogens is 192 g/mol. The zero-order valence-electron chi connectivity index (χ0n) is 7.68. The van der Waals surface area contributed by atoms with Crippen LogP contribution in [0.4, 0.5) is 0 Å². The molecule has 2 N–H and O–H groups in total. The topological polar surface area (TPSA) is 66.0 Å². The molecule has 1 aromatic rings. The highest BCUT2D eigenvalue weighted by molar-refractivity contribution is 6.28. The van der Waals surface area contributed by atoms with Gasteiger partial charge in [0, 0.05) is 5.41 Å². The van der Waals surface area contributed by atoms with E-state index >= 15 is 0 Å². The molecule has 0 aliphatic rings. The number of halogens is 1. The zero-order chi connectivity index (χ0) is 10.2. The SMILES string of the molecule is CC(C)(C)c1[nH]c(Cl)nc1C(=O)O. The Hall–Kier alpha value is -1.03. The van der Waals surface area contributed by atoms with Crippen LogP contribution in [0.3, 0.4) is 0 Å². The highest BCUT2D eigenvalue weighted by atomic mass is 35.5. The van der Waals surface area contributed by atoms with Gasteiger partial charge in [0.05, 0.1) is 5.69 Å². The third kappa shape index (κ3) is 2.01. The van der Waals surface area contributed by atoms with Crippen molar-refractivity contribution in [2.45, 2.75) is 26.2 Å². The van der Waals surface area contributed by atoms with E-state index in [4.69, 9.17) is 16.7 Å². The van der Waals surface area contributed by atoms with Crippen LogP contribution in [-0.2, 0) is 5.41 Å². The maximum atomic E-state index is 10.7. The number of rotatable bonds is 1. The van der Waals surface area contributed by atoms with Crippen LogP contribution in [0, 0.1) is 0 Å². The molecule has 0 aliphatic carbocycles. The first kappa shape index (κ1) is 10.1. The van der Waals surface area contributed by atoms with Crippen molar-refractivity contribution in [3.8, 4) is 0 Å². The van der Waals surface area contributed by atoms with Crippen molar-refractivity contribution in [1.82, 2.24) is 9.97 Å². The van der Waals surface area contributed by atoms with Gasteiger partial charge in [-0.1, -0.05) is 20.8 Å². The maximum absolute atomic E-state index is 10.7. The van der Waals surface area contributed by atoms with Gasteiger partial charge < -0.3 is 10.1 Å². The Labute approximate surface area is 80.9 Å². The van der Waals surface area contributed by atoms with E-state index in [1.54, 1.807) is 0 Å². The number of hydrogen-bond acceptors (Lipinski definition) is 2. The summed E-state index contributed by atoms with van der Waals surface area (Å²) in [6.45, 7) is 5.68. The molecule has 0 amide bonds. The van der Waals surface area contributed by atoms with Crippen LogP contribution in [0.25, 0.3) is 0 Å². The van der Waals surface area contributed by atoms with E-state index in [0.29, 0.717) is 5.69 Å². The minimum Gasteiger partial charge on any atom is -0.476 e. The molecule has 1 aromatic heterocycles. The number of carbonyl (C=O) groups is 1. The standard InChI is InChI=1S/C8H11ClN2O2/c1-8(2,3)5-4(6(12)13)10-7(9)11-5/h1-3H3,(H,10,11)(H,12,13). The minimum absolute atomic E-state index is 0.00231. The van der Waals surface area contributed by atoms with E-state index in [0.717, 1.165) is 0 Å². The largest absolute Gasteiger partial charge is 0.476 e. The van der Waals surface area contributed by atoms with E-state index in [9.17, 15) is 4.79 Å². The average molecular weight is 203 g/mol. The van der Waals surface area contributed by atoms with Crippen molar-refractivity contribution in [2.24, 2.45) is 0 Å². The molecule has 0 unspecified atom stereocenters. The third-order valence-corrected chi connectivity index (χ3v) is 1.81. The second-order valence-electron chi connectivity index (χ2n) is 3.81. The van der Waals surface area contributed by atoms with Crippen LogP contribution < -0.4 is 0 Å². The van der Waals surface area contributed by atoms with Gasteiger partial charge in [0.2, 0.25) is 5.28 Å². The lowest BCUT2D eigenvalue weighted by Gasteiger charge is -2.16. The van der Waals surface area contributed by atoms with Crippen molar-refractivity contribution in [2.75, 3.05) is 0 Å². The molecule has 5 heteroatoms. The highest BCUT2D eigenvalue weighted by Crippen LogP contribution is 2.25. The quantitative estimate of drug-likeness (QED) is 0.733. The summed E-state index contributed by atoms with van der Waals surface area (Å²) < 4.78 is 0. The van der Waals surface area contributed by atoms with Gasteiger partial charge in [-0.3, -0.25) is 0 Å². The monoisotopic (exact) mass is 202 g/mol. The Bertz CT molecular complexity index is 338. The lowest BCUT2D eigenvalue weighted by molar-refractivity contribution is 0.0688. The fraction of sp³-hybridized carbons (Fsp3) is 0.500. The number of imidazole rings is 1. The Balaban J connectivity index is 3.28. The molecule has 1 heterocycles. The Morgan fingerprint density at radius 3 is 2.38 bits per heavy atom. The average Bonchev–Trinajstić information content (AvgIpc) is 2.29. The van der Waals surface area contributed by atoms with Crippen molar-refractivity contribution >= 4 is 17.6 Å². The molecule has 0 radical (unpaired) electrons. The molecule has 0 atom stereocenters. The Morgan fingerprint density at radius 1 is 1.54 bits per heavy atom. The predicted octanol–water partition coefficient (Wildman–Crippen LogP) is 2.06. The fourth-order valence-electron chi connectivity index (χ4n) is 1.04. The molecule has 0 fully saturated rings. The number of carboxylic acid groups (broad SMARTS) is 1. The minimum atomic E-state index is -1.06. The molecule has 4 nitrogen and oxygen atoms in total. The number of aromatic nitrogens is 2. The molecule has 0 spiro atoms. The predicted molar refractivity (Wildman–Crippen MR) is 49.3 cm³/mol. The molecule has 0 saturated carbocycles. The Kier molecular flexibility index (Phi) is 2.34. The summed E-state index contributed by atoms with van der Waals surface area (Å²) in [5.41, 5.74) is 0.246. The van der Waals surface area contributed by atoms with Gasteiger partial charge in [0.25, 0.3) is 0 Å². The second kappa shape index (κ2) is 3.03. The van der Waals surface area contributed by atoms with E-state index in [1.807, 2.05) is 20.8 Å². The summed E-state index contributed by atoms with van der Waals surface area (Å²) >= 11 is 5.59. The second-order valence-corrected chi connectivity index (χ2v) is 4.16. The van der Waals surface area contributed by atoms with E-state index < -0.39 is 5.97 Å². The number of nitrogens with one attached hydrogen (secondary N) is 1. The number of H-pyrrole nitrogens is 1. The van der Waals surface area contributed by atoms with Gasteiger partial charge in [-0.2, -0.15) is 0 Å². The van der Waals surface area contributed by atoms with Crippen LogP contribution in [0.2, 0.25) is 5.28 Å². The Morgan fingerprint density at radius 2 is 2.08 bits per heavy atom. The first-order valence-corrected chi connectivity index (χ1v) is 4.19. The molecule has 13 heavy (non-hydrogen) atoms. The molecule has 0 bridgehead atoms. The third-order valence-electron chi connectivity index (χ3n) is 1.63. The number of nitrogens with zero attached hydrogens (tertiary/aromatic N) is 1. The summed E-state index contributed by atoms with van der Waals surface area (Å²) in [6.07, 6.45) is 0. The number of carboxylic acids is 1. The lowest BCUT2D eigenvalue weighted by Crippen LogP contribution is -2.16. The summed E-state index contributed by atoms with van der Waals surface area (Å²) in [7, 11) is 0.